The minimum Gasteiger partial charge on any atom is -0.462 e. The summed E-state index contributed by atoms with van der Waals surface area (Å²) < 4.78 is 16.5. The fourth-order valence-electron chi connectivity index (χ4n) is 5.57. The van der Waals surface area contributed by atoms with Crippen molar-refractivity contribution in [3.05, 3.63) is 24.3 Å². The maximum absolute atomic E-state index is 12.6. The van der Waals surface area contributed by atoms with Crippen molar-refractivity contribution < 1.29 is 28.6 Å². The van der Waals surface area contributed by atoms with Gasteiger partial charge in [-0.2, -0.15) is 0 Å². The van der Waals surface area contributed by atoms with Crippen LogP contribution in [0.15, 0.2) is 24.3 Å². The van der Waals surface area contributed by atoms with Gasteiger partial charge in [0.05, 0.1) is 0 Å². The van der Waals surface area contributed by atoms with E-state index in [0.717, 1.165) is 83.5 Å². The molecule has 0 aromatic carbocycles. The van der Waals surface area contributed by atoms with Gasteiger partial charge in [-0.3, -0.25) is 14.4 Å². The predicted octanol–water partition coefficient (Wildman–Crippen LogP) is 12.5. The molecule has 0 aromatic rings. The van der Waals surface area contributed by atoms with Crippen LogP contribution in [0, 0.1) is 0 Å². The molecule has 0 bridgehead atoms. The Morgan fingerprint density at radius 1 is 0.417 bits per heavy atom. The fraction of sp³-hybridized carbons (Fsp3) is 0.833. The summed E-state index contributed by atoms with van der Waals surface area (Å²) in [7, 11) is 0. The molecule has 0 rings (SSSR count). The molecule has 1 unspecified atom stereocenters. The van der Waals surface area contributed by atoms with Crippen LogP contribution in [0.3, 0.4) is 0 Å². The molecule has 1 atom stereocenters. The molecule has 0 saturated carbocycles. The summed E-state index contributed by atoms with van der Waals surface area (Å²) >= 11 is 0. The minimum absolute atomic E-state index is 0.0747. The SMILES string of the molecule is CCCC/C=C\C/C=C\CCCCCCCC(=O)OCC(COC(=O)CCCCCCC)OC(=O)CCCCCCCCCCCCC. The third-order valence-corrected chi connectivity index (χ3v) is 8.71. The fourth-order valence-corrected chi connectivity index (χ4v) is 5.57. The molecule has 0 heterocycles. The summed E-state index contributed by atoms with van der Waals surface area (Å²) in [6.45, 7) is 6.48. The molecule has 48 heavy (non-hydrogen) atoms. The number of rotatable bonds is 36. The maximum Gasteiger partial charge on any atom is 0.306 e. The maximum atomic E-state index is 12.6. The van der Waals surface area contributed by atoms with Crippen molar-refractivity contribution in [1.29, 1.82) is 0 Å². The highest BCUT2D eigenvalue weighted by Gasteiger charge is 2.19. The van der Waals surface area contributed by atoms with E-state index in [1.54, 1.807) is 0 Å². The number of esters is 3. The predicted molar refractivity (Wildman–Crippen MR) is 201 cm³/mol. The molecule has 0 aliphatic rings. The lowest BCUT2D eigenvalue weighted by atomic mass is 10.1. The average Bonchev–Trinajstić information content (AvgIpc) is 3.08. The lowest BCUT2D eigenvalue weighted by Gasteiger charge is -2.18. The largest absolute Gasteiger partial charge is 0.462 e. The number of unbranched alkanes of at least 4 members (excludes halogenated alkanes) is 21. The monoisotopic (exact) mass is 677 g/mol. The van der Waals surface area contributed by atoms with Crippen LogP contribution < -0.4 is 0 Å². The zero-order chi connectivity index (χ0) is 35.2. The highest BCUT2D eigenvalue weighted by atomic mass is 16.6. The number of carbonyl (C=O) groups is 3. The van der Waals surface area contributed by atoms with Gasteiger partial charge in [-0.1, -0.05) is 167 Å². The Bertz CT molecular complexity index is 789. The Kier molecular flexibility index (Phi) is 36.0. The van der Waals surface area contributed by atoms with Gasteiger partial charge in [0.15, 0.2) is 6.10 Å². The van der Waals surface area contributed by atoms with Gasteiger partial charge in [-0.05, 0) is 44.9 Å². The Balaban J connectivity index is 4.28. The van der Waals surface area contributed by atoms with Crippen LogP contribution in [-0.2, 0) is 28.6 Å². The van der Waals surface area contributed by atoms with Crippen molar-refractivity contribution in [3.63, 3.8) is 0 Å². The first-order chi connectivity index (χ1) is 23.5. The van der Waals surface area contributed by atoms with E-state index in [1.807, 2.05) is 0 Å². The third-order valence-electron chi connectivity index (χ3n) is 8.71. The van der Waals surface area contributed by atoms with Crippen molar-refractivity contribution in [2.45, 2.75) is 213 Å². The summed E-state index contributed by atoms with van der Waals surface area (Å²) in [5.74, 6) is -0.904. The molecular weight excluding hydrogens is 600 g/mol. The standard InChI is InChI=1S/C42H76O6/c1-4-7-10-13-15-17-19-20-21-23-24-26-29-32-35-41(44)47-38-39(37-46-40(43)34-31-28-12-9-6-3)48-42(45)36-33-30-27-25-22-18-16-14-11-8-5-2/h13,15,19-20,39H,4-12,14,16-18,21-38H2,1-3H3/b15-13-,20-19-. The van der Waals surface area contributed by atoms with Crippen molar-refractivity contribution in [2.24, 2.45) is 0 Å². The molecule has 0 aromatic heterocycles. The van der Waals surface area contributed by atoms with Gasteiger partial charge in [0, 0.05) is 19.3 Å². The summed E-state index contributed by atoms with van der Waals surface area (Å²) in [5.41, 5.74) is 0. The normalized spacial score (nSPS) is 12.1. The van der Waals surface area contributed by atoms with Crippen molar-refractivity contribution >= 4 is 17.9 Å². The van der Waals surface area contributed by atoms with Crippen LogP contribution in [0.5, 0.6) is 0 Å². The van der Waals surface area contributed by atoms with Gasteiger partial charge in [0.2, 0.25) is 0 Å². The van der Waals surface area contributed by atoms with Gasteiger partial charge < -0.3 is 14.2 Å². The molecule has 0 saturated heterocycles. The Labute approximate surface area is 296 Å². The van der Waals surface area contributed by atoms with Gasteiger partial charge in [-0.25, -0.2) is 0 Å². The van der Waals surface area contributed by atoms with Gasteiger partial charge in [0.25, 0.3) is 0 Å². The number of ether oxygens (including phenoxy) is 3. The molecule has 0 fully saturated rings. The molecule has 0 N–H and O–H groups in total. The lowest BCUT2D eigenvalue weighted by Crippen LogP contribution is -2.30. The van der Waals surface area contributed by atoms with Crippen LogP contribution in [0.25, 0.3) is 0 Å². The second-order valence-corrected chi connectivity index (χ2v) is 13.6. The molecule has 0 radical (unpaired) electrons. The van der Waals surface area contributed by atoms with E-state index in [-0.39, 0.29) is 31.1 Å². The Hall–Kier alpha value is -2.11. The highest BCUT2D eigenvalue weighted by Crippen LogP contribution is 2.14. The molecule has 6 heteroatoms. The molecule has 0 spiro atoms. The summed E-state index contributed by atoms with van der Waals surface area (Å²) in [6, 6.07) is 0. The van der Waals surface area contributed by atoms with E-state index in [2.05, 4.69) is 45.1 Å². The van der Waals surface area contributed by atoms with E-state index >= 15 is 0 Å². The zero-order valence-electron chi connectivity index (χ0n) is 31.8. The van der Waals surface area contributed by atoms with Crippen LogP contribution in [-0.4, -0.2) is 37.2 Å². The lowest BCUT2D eigenvalue weighted by molar-refractivity contribution is -0.167. The minimum atomic E-state index is -0.766. The third kappa shape index (κ3) is 35.2. The second kappa shape index (κ2) is 37.7. The first-order valence-corrected chi connectivity index (χ1v) is 20.3. The van der Waals surface area contributed by atoms with E-state index in [1.165, 1.54) is 83.5 Å². The summed E-state index contributed by atoms with van der Waals surface area (Å²) in [5, 5.41) is 0. The average molecular weight is 677 g/mol. The van der Waals surface area contributed by atoms with Crippen molar-refractivity contribution in [2.75, 3.05) is 13.2 Å². The van der Waals surface area contributed by atoms with E-state index in [0.29, 0.717) is 19.3 Å². The first-order valence-electron chi connectivity index (χ1n) is 20.3. The van der Waals surface area contributed by atoms with E-state index < -0.39 is 6.10 Å². The van der Waals surface area contributed by atoms with E-state index in [4.69, 9.17) is 14.2 Å². The molecular formula is C42H76O6. The Morgan fingerprint density at radius 2 is 0.771 bits per heavy atom. The van der Waals surface area contributed by atoms with Gasteiger partial charge in [0.1, 0.15) is 13.2 Å². The smallest absolute Gasteiger partial charge is 0.306 e. The first kappa shape index (κ1) is 45.9. The number of hydrogen-bond donors (Lipinski definition) is 0. The van der Waals surface area contributed by atoms with Gasteiger partial charge >= 0.3 is 17.9 Å². The molecule has 280 valence electrons. The van der Waals surface area contributed by atoms with Gasteiger partial charge in [-0.15, -0.1) is 0 Å². The molecule has 6 nitrogen and oxygen atoms in total. The van der Waals surface area contributed by atoms with Crippen LogP contribution >= 0.6 is 0 Å². The van der Waals surface area contributed by atoms with Crippen LogP contribution in [0.4, 0.5) is 0 Å². The second-order valence-electron chi connectivity index (χ2n) is 13.6. The van der Waals surface area contributed by atoms with Crippen LogP contribution in [0.1, 0.15) is 207 Å². The van der Waals surface area contributed by atoms with E-state index in [9.17, 15) is 14.4 Å². The van der Waals surface area contributed by atoms with Crippen molar-refractivity contribution in [1.82, 2.24) is 0 Å². The number of allylic oxidation sites excluding steroid dienone is 4. The molecule has 0 amide bonds. The van der Waals surface area contributed by atoms with Crippen LogP contribution in [0.2, 0.25) is 0 Å². The Morgan fingerprint density at radius 3 is 1.21 bits per heavy atom. The highest BCUT2D eigenvalue weighted by molar-refractivity contribution is 5.71. The van der Waals surface area contributed by atoms with Crippen molar-refractivity contribution in [3.8, 4) is 0 Å². The zero-order valence-corrected chi connectivity index (χ0v) is 31.8. The topological polar surface area (TPSA) is 78.9 Å². The number of hydrogen-bond acceptors (Lipinski definition) is 6. The molecule has 0 aliphatic heterocycles. The summed E-state index contributed by atoms with van der Waals surface area (Å²) in [6.07, 6.45) is 39.0. The molecule has 0 aliphatic carbocycles. The summed E-state index contributed by atoms with van der Waals surface area (Å²) in [4.78, 5) is 37.3. The number of carbonyl (C=O) groups excluding carboxylic acids is 3. The quantitative estimate of drug-likeness (QED) is 0.0284.